The zero-order valence-corrected chi connectivity index (χ0v) is 10.9. The van der Waals surface area contributed by atoms with E-state index in [9.17, 15) is 9.90 Å². The van der Waals surface area contributed by atoms with Crippen LogP contribution < -0.4 is 11.1 Å². The first kappa shape index (κ1) is 14.8. The molecule has 0 saturated carbocycles. The van der Waals surface area contributed by atoms with E-state index in [0.29, 0.717) is 18.7 Å². The van der Waals surface area contributed by atoms with Crippen molar-refractivity contribution in [3.05, 3.63) is 23.2 Å². The van der Waals surface area contributed by atoms with E-state index < -0.39 is 6.04 Å². The number of aromatic hydroxyl groups is 1. The highest BCUT2D eigenvalue weighted by Gasteiger charge is 2.13. The normalized spacial score (nSPS) is 12.2. The molecule has 0 radical (unpaired) electrons. The Labute approximate surface area is 111 Å². The molecule has 0 spiro atoms. The predicted octanol–water partition coefficient (Wildman–Crippen LogP) is 1.74. The molecule has 0 saturated heterocycles. The number of phenols is 1. The number of carbonyl (C=O) groups excluding carboxylic acids is 1. The monoisotopic (exact) mass is 272 g/mol. The molecule has 1 atom stereocenters. The summed E-state index contributed by atoms with van der Waals surface area (Å²) in [7, 11) is 1.60. The summed E-state index contributed by atoms with van der Waals surface area (Å²) >= 11 is 5.73. The van der Waals surface area contributed by atoms with Gasteiger partial charge in [0.2, 0.25) is 5.91 Å². The second kappa shape index (κ2) is 7.20. The number of benzene rings is 1. The first-order chi connectivity index (χ1) is 8.54. The molecule has 0 fully saturated rings. The van der Waals surface area contributed by atoms with Crippen molar-refractivity contribution in [2.75, 3.05) is 19.0 Å². The van der Waals surface area contributed by atoms with E-state index in [1.54, 1.807) is 13.2 Å². The van der Waals surface area contributed by atoms with Crippen LogP contribution in [0.5, 0.6) is 5.75 Å². The minimum atomic E-state index is -0.590. The van der Waals surface area contributed by atoms with Gasteiger partial charge in [-0.05, 0) is 31.0 Å². The summed E-state index contributed by atoms with van der Waals surface area (Å²) in [6, 6.07) is 3.85. The lowest BCUT2D eigenvalue weighted by Crippen LogP contribution is -2.35. The highest BCUT2D eigenvalue weighted by molar-refractivity contribution is 6.32. The molecule has 0 aromatic heterocycles. The Bertz CT molecular complexity index is 412. The number of nitrogens with one attached hydrogen (secondary N) is 1. The van der Waals surface area contributed by atoms with Crippen molar-refractivity contribution in [1.29, 1.82) is 0 Å². The summed E-state index contributed by atoms with van der Waals surface area (Å²) in [5, 5.41) is 12.1. The van der Waals surface area contributed by atoms with Gasteiger partial charge in [-0.2, -0.15) is 0 Å². The van der Waals surface area contributed by atoms with Gasteiger partial charge in [0.05, 0.1) is 11.1 Å². The fraction of sp³-hybridized carbons (Fsp3) is 0.417. The van der Waals surface area contributed by atoms with Gasteiger partial charge in [0.25, 0.3) is 0 Å². The molecule has 0 heterocycles. The summed E-state index contributed by atoms with van der Waals surface area (Å²) in [4.78, 5) is 11.7. The van der Waals surface area contributed by atoms with Crippen LogP contribution in [0.25, 0.3) is 0 Å². The highest BCUT2D eigenvalue weighted by atomic mass is 35.5. The zero-order valence-electron chi connectivity index (χ0n) is 10.1. The number of methoxy groups -OCH3 is 1. The molecule has 0 aliphatic rings. The van der Waals surface area contributed by atoms with Crippen LogP contribution in [0.4, 0.5) is 5.69 Å². The van der Waals surface area contributed by atoms with Crippen LogP contribution in [0.15, 0.2) is 18.2 Å². The lowest BCUT2D eigenvalue weighted by atomic mass is 10.1. The molecule has 0 bridgehead atoms. The molecule has 0 aliphatic carbocycles. The van der Waals surface area contributed by atoms with Gasteiger partial charge in [0.15, 0.2) is 0 Å². The first-order valence-corrected chi connectivity index (χ1v) is 5.96. The Morgan fingerprint density at radius 3 is 2.94 bits per heavy atom. The number of hydrogen-bond donors (Lipinski definition) is 3. The zero-order chi connectivity index (χ0) is 13.5. The van der Waals surface area contributed by atoms with Crippen molar-refractivity contribution in [2.45, 2.75) is 18.9 Å². The largest absolute Gasteiger partial charge is 0.506 e. The number of amides is 1. The minimum Gasteiger partial charge on any atom is -0.506 e. The molecule has 18 heavy (non-hydrogen) atoms. The number of anilines is 1. The van der Waals surface area contributed by atoms with Crippen LogP contribution in [0.3, 0.4) is 0 Å². The van der Waals surface area contributed by atoms with Crippen molar-refractivity contribution in [3.8, 4) is 5.75 Å². The van der Waals surface area contributed by atoms with Gasteiger partial charge in [0, 0.05) is 19.4 Å². The van der Waals surface area contributed by atoms with E-state index in [1.807, 2.05) is 0 Å². The molecule has 100 valence electrons. The summed E-state index contributed by atoms with van der Waals surface area (Å²) < 4.78 is 4.89. The fourth-order valence-corrected chi connectivity index (χ4v) is 1.58. The van der Waals surface area contributed by atoms with Crippen molar-refractivity contribution in [1.82, 2.24) is 0 Å². The van der Waals surface area contributed by atoms with Gasteiger partial charge in [-0.15, -0.1) is 0 Å². The van der Waals surface area contributed by atoms with Gasteiger partial charge in [-0.25, -0.2) is 0 Å². The Morgan fingerprint density at radius 1 is 1.61 bits per heavy atom. The highest BCUT2D eigenvalue weighted by Crippen LogP contribution is 2.26. The molecule has 1 aromatic carbocycles. The molecular weight excluding hydrogens is 256 g/mol. The van der Waals surface area contributed by atoms with Crippen LogP contribution in [0, 0.1) is 0 Å². The third-order valence-electron chi connectivity index (χ3n) is 2.42. The van der Waals surface area contributed by atoms with Crippen molar-refractivity contribution >= 4 is 23.2 Å². The SMILES string of the molecule is COCCCC(N)C(=O)Nc1ccc(O)c(Cl)c1. The second-order valence-electron chi connectivity index (χ2n) is 3.90. The van der Waals surface area contributed by atoms with Crippen molar-refractivity contribution in [3.63, 3.8) is 0 Å². The van der Waals surface area contributed by atoms with Gasteiger partial charge in [-0.1, -0.05) is 11.6 Å². The lowest BCUT2D eigenvalue weighted by molar-refractivity contribution is -0.117. The standard InChI is InChI=1S/C12H17ClN2O3/c1-18-6-2-3-10(14)12(17)15-8-4-5-11(16)9(13)7-8/h4-5,7,10,16H,2-3,6,14H2,1H3,(H,15,17). The van der Waals surface area contributed by atoms with Gasteiger partial charge < -0.3 is 20.9 Å². The molecule has 1 rings (SSSR count). The molecule has 5 nitrogen and oxygen atoms in total. The van der Waals surface area contributed by atoms with Crippen LogP contribution in [-0.4, -0.2) is 30.8 Å². The van der Waals surface area contributed by atoms with Gasteiger partial charge in [0.1, 0.15) is 5.75 Å². The van der Waals surface area contributed by atoms with E-state index in [2.05, 4.69) is 5.32 Å². The smallest absolute Gasteiger partial charge is 0.241 e. The van der Waals surface area contributed by atoms with E-state index >= 15 is 0 Å². The van der Waals surface area contributed by atoms with Crippen LogP contribution in [0.2, 0.25) is 5.02 Å². The summed E-state index contributed by atoms with van der Waals surface area (Å²) in [5.74, 6) is -0.313. The third-order valence-corrected chi connectivity index (χ3v) is 2.72. The Morgan fingerprint density at radius 2 is 2.33 bits per heavy atom. The first-order valence-electron chi connectivity index (χ1n) is 5.58. The second-order valence-corrected chi connectivity index (χ2v) is 4.30. The number of hydrogen-bond acceptors (Lipinski definition) is 4. The average molecular weight is 273 g/mol. The van der Waals surface area contributed by atoms with Crippen LogP contribution in [-0.2, 0) is 9.53 Å². The minimum absolute atomic E-state index is 0.0286. The Balaban J connectivity index is 2.50. The quantitative estimate of drug-likeness (QED) is 0.544. The summed E-state index contributed by atoms with van der Waals surface area (Å²) in [6.45, 7) is 0.575. The summed E-state index contributed by atoms with van der Waals surface area (Å²) in [6.07, 6.45) is 1.27. The molecule has 0 aliphatic heterocycles. The van der Waals surface area contributed by atoms with E-state index in [4.69, 9.17) is 22.1 Å². The molecule has 1 aromatic rings. The Hall–Kier alpha value is -1.30. The molecule has 4 N–H and O–H groups in total. The van der Waals surface area contributed by atoms with E-state index in [1.165, 1.54) is 12.1 Å². The lowest BCUT2D eigenvalue weighted by Gasteiger charge is -2.12. The number of phenolic OH excluding ortho intramolecular Hbond substituents is 1. The molecule has 6 heteroatoms. The van der Waals surface area contributed by atoms with E-state index in [0.717, 1.165) is 6.42 Å². The maximum atomic E-state index is 11.7. The topological polar surface area (TPSA) is 84.6 Å². The third kappa shape index (κ3) is 4.52. The maximum absolute atomic E-state index is 11.7. The Kier molecular flexibility index (Phi) is 5.91. The number of halogens is 1. The van der Waals surface area contributed by atoms with Gasteiger partial charge >= 0.3 is 0 Å². The molecule has 1 amide bonds. The van der Waals surface area contributed by atoms with Crippen molar-refractivity contribution in [2.24, 2.45) is 5.73 Å². The number of rotatable bonds is 6. The van der Waals surface area contributed by atoms with Crippen LogP contribution >= 0.6 is 11.6 Å². The van der Waals surface area contributed by atoms with Gasteiger partial charge in [-0.3, -0.25) is 4.79 Å². The fourth-order valence-electron chi connectivity index (χ4n) is 1.40. The number of carbonyl (C=O) groups is 1. The average Bonchev–Trinajstić information content (AvgIpc) is 2.34. The molecular formula is C12H17ClN2O3. The van der Waals surface area contributed by atoms with Crippen LogP contribution in [0.1, 0.15) is 12.8 Å². The van der Waals surface area contributed by atoms with Crippen molar-refractivity contribution < 1.29 is 14.6 Å². The number of ether oxygens (including phenoxy) is 1. The van der Waals surface area contributed by atoms with E-state index in [-0.39, 0.29) is 16.7 Å². The summed E-state index contributed by atoms with van der Waals surface area (Å²) in [5.41, 5.74) is 6.23. The maximum Gasteiger partial charge on any atom is 0.241 e. The molecule has 1 unspecified atom stereocenters. The number of nitrogens with two attached hydrogens (primary N) is 1. The predicted molar refractivity (Wildman–Crippen MR) is 70.8 cm³/mol.